The lowest BCUT2D eigenvalue weighted by molar-refractivity contribution is -0.0698. The molecule has 3 aromatic heterocycles. The van der Waals surface area contributed by atoms with E-state index in [9.17, 15) is 14.5 Å². The Morgan fingerprint density at radius 2 is 1.81 bits per heavy atom. The van der Waals surface area contributed by atoms with Gasteiger partial charge in [0.1, 0.15) is 6.10 Å². The molecule has 1 aliphatic heterocycles. The number of aromatic nitrogens is 6. The number of amides is 1. The number of carbonyl (C=O) groups is 1. The molecule has 230 valence electrons. The number of likely N-dealkylation sites (tertiary alicyclic amines) is 1. The molecule has 1 aliphatic rings. The van der Waals surface area contributed by atoms with Gasteiger partial charge in [0.25, 0.3) is 11.8 Å². The summed E-state index contributed by atoms with van der Waals surface area (Å²) in [6, 6.07) is 6.95. The average molecular weight is 620 g/mol. The minimum Gasteiger partial charge on any atom is -0.470 e. The van der Waals surface area contributed by atoms with Gasteiger partial charge in [-0.15, -0.1) is 0 Å². The Morgan fingerprint density at radius 3 is 2.51 bits per heavy atom. The van der Waals surface area contributed by atoms with Gasteiger partial charge >= 0.3 is 13.3 Å². The summed E-state index contributed by atoms with van der Waals surface area (Å²) >= 11 is 0. The van der Waals surface area contributed by atoms with Crippen LogP contribution < -0.4 is 4.74 Å². The van der Waals surface area contributed by atoms with Crippen molar-refractivity contribution < 1.29 is 37.0 Å². The van der Waals surface area contributed by atoms with E-state index in [0.29, 0.717) is 24.1 Å². The smallest absolute Gasteiger partial charge is 0.402 e. The molecule has 5 rings (SSSR count). The van der Waals surface area contributed by atoms with Gasteiger partial charge in [0.05, 0.1) is 55.3 Å². The van der Waals surface area contributed by atoms with Crippen molar-refractivity contribution in [1.82, 2.24) is 34.3 Å². The summed E-state index contributed by atoms with van der Waals surface area (Å²) in [5, 5.41) is 19.0. The number of fused-ring (bicyclic) bond motifs is 1. The van der Waals surface area contributed by atoms with E-state index in [1.165, 1.54) is 47.8 Å². The predicted molar refractivity (Wildman–Crippen MR) is 149 cm³/mol. The normalized spacial score (nSPS) is 18.6. The lowest BCUT2D eigenvalue weighted by atomic mass is 9.99. The number of para-hydroxylation sites is 1. The fourth-order valence-corrected chi connectivity index (χ4v) is 6.54. The van der Waals surface area contributed by atoms with E-state index in [0.717, 1.165) is 6.20 Å². The summed E-state index contributed by atoms with van der Waals surface area (Å²) in [5.74, 6) is -0.198. The number of carbonyl (C=O) groups excluding carboxylic acids is 1. The maximum absolute atomic E-state index is 15.3. The molecule has 1 unspecified atom stereocenters. The summed E-state index contributed by atoms with van der Waals surface area (Å²) < 4.78 is 60.5. The molecule has 13 nitrogen and oxygen atoms in total. The number of hydrogen-bond acceptors (Lipinski definition) is 10. The first-order valence-electron chi connectivity index (χ1n) is 13.8. The Balaban J connectivity index is 1.38. The predicted octanol–water partition coefficient (Wildman–Crippen LogP) is 4.27. The number of hydrogen-bond donors (Lipinski definition) is 1. The fourth-order valence-electron chi connectivity index (χ4n) is 5.01. The molecule has 0 radical (unpaired) electrons. The van der Waals surface area contributed by atoms with Crippen LogP contribution in [0.25, 0.3) is 11.3 Å². The first-order valence-corrected chi connectivity index (χ1v) is 15.4. The molecule has 0 aliphatic carbocycles. The number of benzene rings is 1. The van der Waals surface area contributed by atoms with Crippen molar-refractivity contribution in [3.05, 3.63) is 66.5 Å². The summed E-state index contributed by atoms with van der Waals surface area (Å²) in [7, 11) is -5.02. The van der Waals surface area contributed by atoms with Crippen LogP contribution in [-0.4, -0.2) is 82.8 Å². The van der Waals surface area contributed by atoms with Crippen LogP contribution >= 0.6 is 7.60 Å². The Hall–Kier alpha value is -3.78. The molecule has 0 bridgehead atoms. The largest absolute Gasteiger partial charge is 0.470 e. The van der Waals surface area contributed by atoms with Crippen molar-refractivity contribution >= 4 is 19.2 Å². The molecule has 4 aromatic rings. The third kappa shape index (κ3) is 5.77. The van der Waals surface area contributed by atoms with Gasteiger partial charge in [-0.05, 0) is 45.7 Å². The number of nitrogens with zero attached hydrogens (tertiary/aromatic N) is 7. The van der Waals surface area contributed by atoms with E-state index in [1.54, 1.807) is 29.2 Å². The molecule has 1 saturated heterocycles. The molecule has 16 heteroatoms. The highest BCUT2D eigenvalue weighted by molar-refractivity contribution is 7.55. The van der Waals surface area contributed by atoms with E-state index in [1.807, 2.05) is 6.92 Å². The molecular formula is C27H32F2N7O6P. The Morgan fingerprint density at radius 1 is 1.12 bits per heavy atom. The standard InChI is InChI=1S/C27H32F2N7O6P/c1-4-40-43(39,41-5-2)27(28,29)23(37)22-16-31-24-25(30-14-15-34(22)24)42-19-11-10-18(3)35(17-19)26(38)20-8-6-7-9-21(20)36-32-12-13-33-36/h6-9,12-16,18-19,23,37H,4-5,10-11,17H2,1-3H3/t18-,19-,23?/m1/s1. The fraction of sp³-hybridized carbons (Fsp3) is 0.444. The van der Waals surface area contributed by atoms with Gasteiger partial charge in [-0.1, -0.05) is 12.1 Å². The third-order valence-electron chi connectivity index (χ3n) is 7.14. The van der Waals surface area contributed by atoms with Crippen LogP contribution in [0.2, 0.25) is 0 Å². The maximum atomic E-state index is 15.3. The van der Waals surface area contributed by atoms with Gasteiger partial charge in [0, 0.05) is 18.4 Å². The molecule has 0 saturated carbocycles. The zero-order valence-electron chi connectivity index (χ0n) is 23.8. The Kier molecular flexibility index (Phi) is 8.88. The molecule has 1 N–H and O–H groups in total. The van der Waals surface area contributed by atoms with Crippen molar-refractivity contribution in [3.8, 4) is 11.6 Å². The summed E-state index contributed by atoms with van der Waals surface area (Å²) in [4.78, 5) is 25.2. The highest BCUT2D eigenvalue weighted by Crippen LogP contribution is 2.66. The van der Waals surface area contributed by atoms with E-state index in [4.69, 9.17) is 13.8 Å². The van der Waals surface area contributed by atoms with Crippen LogP contribution in [0.3, 0.4) is 0 Å². The van der Waals surface area contributed by atoms with E-state index in [2.05, 4.69) is 20.2 Å². The number of imidazole rings is 1. The molecule has 3 atom stereocenters. The average Bonchev–Trinajstić information content (AvgIpc) is 3.69. The monoisotopic (exact) mass is 619 g/mol. The topological polar surface area (TPSA) is 146 Å². The zero-order chi connectivity index (χ0) is 30.8. The Labute approximate surface area is 245 Å². The van der Waals surface area contributed by atoms with Gasteiger partial charge in [-0.2, -0.15) is 23.8 Å². The summed E-state index contributed by atoms with van der Waals surface area (Å²) in [5.41, 5.74) is -3.61. The second-order valence-corrected chi connectivity index (χ2v) is 12.0. The van der Waals surface area contributed by atoms with Gasteiger partial charge in [-0.3, -0.25) is 13.8 Å². The van der Waals surface area contributed by atoms with Crippen LogP contribution in [0, 0.1) is 0 Å². The molecule has 43 heavy (non-hydrogen) atoms. The van der Waals surface area contributed by atoms with Crippen LogP contribution in [0.4, 0.5) is 8.78 Å². The molecule has 1 aromatic carbocycles. The molecular weight excluding hydrogens is 587 g/mol. The van der Waals surface area contributed by atoms with E-state index in [-0.39, 0.29) is 48.9 Å². The SMILES string of the molecule is CCOP(=O)(OCC)C(F)(F)C(O)c1cnc2c(O[C@@H]3CC[C@@H](C)N(C(=O)c4ccccc4-n4nccn4)C3)nccn12. The second kappa shape index (κ2) is 12.4. The number of aliphatic hydroxyl groups excluding tert-OH is 1. The lowest BCUT2D eigenvalue weighted by Crippen LogP contribution is -2.49. The highest BCUT2D eigenvalue weighted by Gasteiger charge is 2.60. The molecule has 1 amide bonds. The van der Waals surface area contributed by atoms with Crippen LogP contribution in [0.5, 0.6) is 5.88 Å². The minimum absolute atomic E-state index is 0.0233. The van der Waals surface area contributed by atoms with Crippen molar-refractivity contribution in [2.24, 2.45) is 0 Å². The number of aliphatic hydroxyl groups is 1. The first kappa shape index (κ1) is 30.7. The molecule has 4 heterocycles. The van der Waals surface area contributed by atoms with Crippen molar-refractivity contribution in [2.75, 3.05) is 19.8 Å². The quantitative estimate of drug-likeness (QED) is 0.242. The van der Waals surface area contributed by atoms with Gasteiger partial charge < -0.3 is 23.8 Å². The molecule has 0 spiro atoms. The maximum Gasteiger partial charge on any atom is 0.402 e. The second-order valence-electron chi connectivity index (χ2n) is 9.89. The van der Waals surface area contributed by atoms with Gasteiger partial charge in [0.15, 0.2) is 6.10 Å². The Bertz CT molecular complexity index is 1610. The lowest BCUT2D eigenvalue weighted by Gasteiger charge is -2.38. The van der Waals surface area contributed by atoms with Gasteiger partial charge in [-0.25, -0.2) is 9.97 Å². The summed E-state index contributed by atoms with van der Waals surface area (Å²) in [6.45, 7) is 4.36. The number of halogens is 2. The van der Waals surface area contributed by atoms with Gasteiger partial charge in [0.2, 0.25) is 5.65 Å². The van der Waals surface area contributed by atoms with Crippen molar-refractivity contribution in [3.63, 3.8) is 0 Å². The first-order chi connectivity index (χ1) is 20.6. The molecule has 1 fully saturated rings. The number of rotatable bonds is 11. The number of alkyl halides is 2. The number of piperidine rings is 1. The minimum atomic E-state index is -5.02. The van der Waals surface area contributed by atoms with E-state index >= 15 is 8.78 Å². The van der Waals surface area contributed by atoms with Crippen LogP contribution in [0.15, 0.2) is 55.2 Å². The van der Waals surface area contributed by atoms with Crippen molar-refractivity contribution in [1.29, 1.82) is 0 Å². The van der Waals surface area contributed by atoms with E-state index < -0.39 is 25.5 Å². The number of ether oxygens (including phenoxy) is 1. The van der Waals surface area contributed by atoms with Crippen molar-refractivity contribution in [2.45, 2.75) is 57.5 Å². The highest BCUT2D eigenvalue weighted by atomic mass is 31.2. The van der Waals surface area contributed by atoms with Crippen LogP contribution in [0.1, 0.15) is 55.8 Å². The van der Waals surface area contributed by atoms with Crippen LogP contribution in [-0.2, 0) is 13.6 Å². The zero-order valence-corrected chi connectivity index (χ0v) is 24.7. The summed E-state index contributed by atoms with van der Waals surface area (Å²) in [6.07, 6.45) is 4.89. The third-order valence-corrected chi connectivity index (χ3v) is 9.31.